The number of phenolic OH excluding ortho intramolecular Hbond substituents is 4. The summed E-state index contributed by atoms with van der Waals surface area (Å²) >= 11 is 0. The molecular weight excluding hydrogens is 1110 g/mol. The van der Waals surface area contributed by atoms with Gasteiger partial charge in [0.15, 0.2) is 0 Å². The molecule has 16 heteroatoms. The van der Waals surface area contributed by atoms with Crippen molar-refractivity contribution in [3.8, 4) is 23.0 Å². The second-order valence-electron chi connectivity index (χ2n) is 33.6. The summed E-state index contributed by atoms with van der Waals surface area (Å²) in [6, 6.07) is 16.8. The van der Waals surface area contributed by atoms with Gasteiger partial charge in [0.25, 0.3) is 0 Å². The van der Waals surface area contributed by atoms with Crippen LogP contribution in [0, 0.1) is 0 Å². The van der Waals surface area contributed by atoms with Crippen molar-refractivity contribution in [1.29, 1.82) is 0 Å². The Kier molecular flexibility index (Phi) is 19.9. The van der Waals surface area contributed by atoms with Crippen LogP contribution < -0.4 is 29.4 Å². The summed E-state index contributed by atoms with van der Waals surface area (Å²) < 4.78 is 0. The maximum Gasteiger partial charge on any atom is 0.233 e. The molecule has 4 N–H and O–H groups in total. The highest BCUT2D eigenvalue weighted by Crippen LogP contribution is 2.45. The second kappa shape index (κ2) is 24.9. The minimum absolute atomic E-state index is 0.250. The highest BCUT2D eigenvalue weighted by atomic mass is 16.3. The van der Waals surface area contributed by atoms with Crippen molar-refractivity contribution in [2.45, 2.75) is 236 Å². The molecule has 4 aromatic carbocycles. The number of aromatic nitrogens is 6. The first-order chi connectivity index (χ1) is 40.3. The third kappa shape index (κ3) is 16.8. The van der Waals surface area contributed by atoms with E-state index in [0.717, 1.165) is 66.8 Å². The third-order valence-corrected chi connectivity index (χ3v) is 16.5. The lowest BCUT2D eigenvalue weighted by molar-refractivity contribution is 0.421. The van der Waals surface area contributed by atoms with E-state index in [1.54, 1.807) is 0 Å². The molecule has 6 aromatic rings. The summed E-state index contributed by atoms with van der Waals surface area (Å²) in [5.74, 6) is 3.95. The zero-order chi connectivity index (χ0) is 67.6. The molecule has 488 valence electrons. The normalized spacial score (nSPS) is 13.0. The average Bonchev–Trinajstić information content (AvgIpc) is 0.945. The molecule has 0 unspecified atom stereocenters. The van der Waals surface area contributed by atoms with Gasteiger partial charge in [-0.25, -0.2) is 0 Å². The van der Waals surface area contributed by atoms with Gasteiger partial charge in [-0.15, -0.1) is 0 Å². The predicted octanol–water partition coefficient (Wildman–Crippen LogP) is 15.3. The number of rotatable bonds is 16. The zero-order valence-corrected chi connectivity index (χ0v) is 60.3. The van der Waals surface area contributed by atoms with E-state index in [4.69, 9.17) is 29.9 Å². The predicted molar refractivity (Wildman–Crippen MR) is 372 cm³/mol. The second-order valence-corrected chi connectivity index (χ2v) is 33.6. The van der Waals surface area contributed by atoms with Crippen molar-refractivity contribution >= 4 is 35.7 Å². The first kappa shape index (κ1) is 71.0. The van der Waals surface area contributed by atoms with E-state index in [0.29, 0.717) is 84.9 Å². The minimum Gasteiger partial charge on any atom is -0.507 e. The number of phenols is 4. The Morgan fingerprint density at radius 3 is 0.483 bits per heavy atom. The molecular formula is C73H112N12O4. The molecule has 0 aliphatic rings. The monoisotopic (exact) mass is 1220 g/mol. The molecule has 89 heavy (non-hydrogen) atoms. The van der Waals surface area contributed by atoms with Gasteiger partial charge in [0.1, 0.15) is 23.0 Å². The van der Waals surface area contributed by atoms with Gasteiger partial charge < -0.3 is 49.8 Å². The number of nitrogens with zero attached hydrogens (tertiary/aromatic N) is 12. The highest BCUT2D eigenvalue weighted by molar-refractivity contribution is 5.57. The van der Waals surface area contributed by atoms with E-state index >= 15 is 0 Å². The van der Waals surface area contributed by atoms with Crippen LogP contribution in [0.15, 0.2) is 48.5 Å². The molecule has 0 aliphatic heterocycles. The molecule has 6 rings (SSSR count). The Bertz CT molecular complexity index is 2930. The van der Waals surface area contributed by atoms with Gasteiger partial charge in [-0.3, -0.25) is 0 Å². The van der Waals surface area contributed by atoms with E-state index in [1.165, 1.54) is 0 Å². The van der Waals surface area contributed by atoms with Gasteiger partial charge in [-0.2, -0.15) is 29.9 Å². The number of hydrogen-bond donors (Lipinski definition) is 4. The van der Waals surface area contributed by atoms with E-state index in [-0.39, 0.29) is 50.0 Å². The fourth-order valence-electron chi connectivity index (χ4n) is 11.2. The quantitative estimate of drug-likeness (QED) is 0.0672. The Morgan fingerprint density at radius 2 is 0.360 bits per heavy atom. The number of benzene rings is 4. The van der Waals surface area contributed by atoms with Gasteiger partial charge in [0.2, 0.25) is 35.7 Å². The lowest BCUT2D eigenvalue weighted by Gasteiger charge is -2.31. The van der Waals surface area contributed by atoms with E-state index < -0.39 is 0 Å². The number of anilines is 6. The van der Waals surface area contributed by atoms with Gasteiger partial charge in [-0.1, -0.05) is 166 Å². The molecule has 0 saturated carbocycles. The average molecular weight is 1220 g/mol. The topological polar surface area (TPSA) is 178 Å². The molecule has 2 heterocycles. The Morgan fingerprint density at radius 1 is 0.236 bits per heavy atom. The molecule has 0 saturated heterocycles. The molecule has 16 nitrogen and oxygen atoms in total. The molecule has 0 radical (unpaired) electrons. The number of aromatic hydroxyl groups is 4. The van der Waals surface area contributed by atoms with E-state index in [2.05, 4.69) is 215 Å². The zero-order valence-electron chi connectivity index (χ0n) is 60.3. The van der Waals surface area contributed by atoms with Crippen LogP contribution in [0.4, 0.5) is 35.7 Å². The lowest BCUT2D eigenvalue weighted by atomic mass is 9.78. The van der Waals surface area contributed by atoms with Crippen molar-refractivity contribution in [1.82, 2.24) is 29.9 Å². The van der Waals surface area contributed by atoms with Crippen LogP contribution in [0.5, 0.6) is 23.0 Å². The van der Waals surface area contributed by atoms with E-state index in [1.807, 2.05) is 71.7 Å². The van der Waals surface area contributed by atoms with Crippen LogP contribution in [-0.2, 0) is 69.5 Å². The maximum absolute atomic E-state index is 11.7. The van der Waals surface area contributed by atoms with Crippen LogP contribution >= 0.6 is 0 Å². The summed E-state index contributed by atoms with van der Waals surface area (Å²) in [7, 11) is 11.8. The molecule has 2 aromatic heterocycles. The van der Waals surface area contributed by atoms with Crippen LogP contribution in [-0.4, -0.2) is 99.3 Å². The van der Waals surface area contributed by atoms with Crippen LogP contribution in [0.2, 0.25) is 0 Å². The first-order valence-corrected chi connectivity index (χ1v) is 31.5. The van der Waals surface area contributed by atoms with Gasteiger partial charge in [-0.05, 0) is 159 Å². The Labute approximate surface area is 535 Å². The van der Waals surface area contributed by atoms with Crippen molar-refractivity contribution in [2.24, 2.45) is 0 Å². The van der Waals surface area contributed by atoms with Crippen LogP contribution in [0.25, 0.3) is 0 Å². The van der Waals surface area contributed by atoms with Crippen molar-refractivity contribution < 1.29 is 20.4 Å². The molecule has 0 fully saturated rings. The maximum atomic E-state index is 11.7. The van der Waals surface area contributed by atoms with Crippen LogP contribution in [0.3, 0.4) is 0 Å². The molecule has 0 aliphatic carbocycles. The van der Waals surface area contributed by atoms with Gasteiger partial charge >= 0.3 is 0 Å². The number of hydrogen-bond acceptors (Lipinski definition) is 16. The van der Waals surface area contributed by atoms with Crippen molar-refractivity contribution in [2.75, 3.05) is 78.4 Å². The summed E-state index contributed by atoms with van der Waals surface area (Å²) in [5, 5.41) is 46.8. The Hall–Kier alpha value is -7.10. The smallest absolute Gasteiger partial charge is 0.233 e. The summed E-state index contributed by atoms with van der Waals surface area (Å²) in [6.45, 7) is 53.0. The largest absolute Gasteiger partial charge is 0.507 e. The fraction of sp³-hybridized carbons (Fsp3) is 0.589. The van der Waals surface area contributed by atoms with Crippen LogP contribution in [0.1, 0.15) is 233 Å². The van der Waals surface area contributed by atoms with Gasteiger partial charge in [0.05, 0.1) is 6.67 Å². The molecule has 0 spiro atoms. The molecule has 0 amide bonds. The molecule has 0 bridgehead atoms. The standard InChI is InChI=1S/C73H112N12O4/c1-66(2,3)48-31-44(32-49(56(48)86)67(4,5)6)39-80(25)60-74-61(81(26)40-45-33-50(68(7,8)9)57(87)51(34-45)69(10,11)12)77-64(76-60)84(29)43-85(30)65-78-62(82(27)41-46-35-52(70(13,14)15)58(88)53(36-46)71(16,17)18)75-63(79-65)83(28)42-47-37-54(72(19,20)21)59(89)55(38-47)73(22,23)24/h31-38,86-89H,39-43H2,1-30H3. The fourth-order valence-corrected chi connectivity index (χ4v) is 11.2. The summed E-state index contributed by atoms with van der Waals surface area (Å²) in [5.41, 5.74) is 8.52. The SMILES string of the molecule is CN(Cc1cc(C(C)(C)C)c(O)c(C(C)(C)C)c1)c1nc(N(C)Cc2cc(C(C)(C)C)c(O)c(C(C)(C)C)c2)nc(N(C)CN(C)c2nc(N(C)Cc3cc(C(C)(C)C)c(O)c(C(C)(C)C)c3)nc(N(C)Cc3cc(C(C)(C)C)c(O)c(C(C)(C)C)c3)n2)n1. The third-order valence-electron chi connectivity index (χ3n) is 16.5. The summed E-state index contributed by atoms with van der Waals surface area (Å²) in [4.78, 5) is 43.3. The lowest BCUT2D eigenvalue weighted by Crippen LogP contribution is -2.36. The van der Waals surface area contributed by atoms with Gasteiger partial charge in [0, 0.05) is 68.5 Å². The van der Waals surface area contributed by atoms with Crippen molar-refractivity contribution in [3.05, 3.63) is 115 Å². The minimum atomic E-state index is -0.319. The van der Waals surface area contributed by atoms with E-state index in [9.17, 15) is 20.4 Å². The Balaban J connectivity index is 1.49. The van der Waals surface area contributed by atoms with Crippen molar-refractivity contribution in [3.63, 3.8) is 0 Å². The first-order valence-electron chi connectivity index (χ1n) is 31.5. The summed E-state index contributed by atoms with van der Waals surface area (Å²) in [6.07, 6.45) is 0. The molecule has 0 atom stereocenters. The highest BCUT2D eigenvalue weighted by Gasteiger charge is 2.33.